The Morgan fingerprint density at radius 3 is 3.00 bits per heavy atom. The summed E-state index contributed by atoms with van der Waals surface area (Å²) in [7, 11) is 1.59. The third-order valence-electron chi connectivity index (χ3n) is 2.05. The molecule has 0 bridgehead atoms. The number of methoxy groups -OCH3 is 1. The van der Waals surface area contributed by atoms with Gasteiger partial charge in [-0.05, 0) is 6.92 Å². The molecule has 0 aliphatic carbocycles. The lowest BCUT2D eigenvalue weighted by Gasteiger charge is -2.03. The van der Waals surface area contributed by atoms with Gasteiger partial charge in [0.05, 0.1) is 19.6 Å². The van der Waals surface area contributed by atoms with Gasteiger partial charge < -0.3 is 9.47 Å². The van der Waals surface area contributed by atoms with Crippen molar-refractivity contribution in [2.24, 2.45) is 0 Å². The summed E-state index contributed by atoms with van der Waals surface area (Å²) in [5, 5.41) is 3.99. The summed E-state index contributed by atoms with van der Waals surface area (Å²) < 4.78 is 11.6. The number of rotatable bonds is 8. The van der Waals surface area contributed by atoms with E-state index >= 15 is 0 Å². The Balaban J connectivity index is 2.28. The molecule has 1 aromatic heterocycles. The number of nitrogens with zero attached hydrogens (tertiary/aromatic N) is 3. The molecule has 0 spiro atoms. The fourth-order valence-electron chi connectivity index (χ4n) is 1.24. The van der Waals surface area contributed by atoms with Crippen LogP contribution in [0.2, 0.25) is 0 Å². The number of hydrogen-bond acceptors (Lipinski definition) is 5. The van der Waals surface area contributed by atoms with Crippen molar-refractivity contribution in [3.8, 4) is 0 Å². The molecule has 1 aromatic rings. The fraction of sp³-hybridized carbons (Fsp3) is 0.700. The summed E-state index contributed by atoms with van der Waals surface area (Å²) in [6, 6.07) is 0. The molecule has 0 saturated heterocycles. The molecule has 0 N–H and O–H groups in total. The van der Waals surface area contributed by atoms with Crippen molar-refractivity contribution in [2.45, 2.75) is 19.9 Å². The van der Waals surface area contributed by atoms with Crippen LogP contribution in [0.3, 0.4) is 0 Å². The van der Waals surface area contributed by atoms with Crippen molar-refractivity contribution < 1.29 is 14.3 Å². The lowest BCUT2D eigenvalue weighted by Crippen LogP contribution is -2.16. The molecule has 0 saturated carbocycles. The van der Waals surface area contributed by atoms with Crippen LogP contribution in [0.1, 0.15) is 12.7 Å². The summed E-state index contributed by atoms with van der Waals surface area (Å²) in [5.41, 5.74) is 0. The van der Waals surface area contributed by atoms with Gasteiger partial charge in [0.15, 0.2) is 5.78 Å². The number of carbonyl (C=O) groups is 1. The molecule has 0 radical (unpaired) electrons. The highest BCUT2D eigenvalue weighted by Crippen LogP contribution is 1.96. The first kappa shape index (κ1) is 12.8. The zero-order valence-corrected chi connectivity index (χ0v) is 9.68. The van der Waals surface area contributed by atoms with Crippen LogP contribution in [-0.4, -0.2) is 47.5 Å². The smallest absolute Gasteiger partial charge is 0.166 e. The van der Waals surface area contributed by atoms with Crippen LogP contribution in [0.5, 0.6) is 0 Å². The second-order valence-corrected chi connectivity index (χ2v) is 3.25. The second kappa shape index (κ2) is 7.08. The van der Waals surface area contributed by atoms with Crippen molar-refractivity contribution in [3.63, 3.8) is 0 Å². The quantitative estimate of drug-likeness (QED) is 0.588. The van der Waals surface area contributed by atoms with Gasteiger partial charge in [-0.1, -0.05) is 0 Å². The molecule has 6 heteroatoms. The molecular formula is C10H17N3O3. The maximum Gasteiger partial charge on any atom is 0.166 e. The maximum absolute atomic E-state index is 11.5. The molecule has 1 heterocycles. The lowest BCUT2D eigenvalue weighted by molar-refractivity contribution is -0.123. The van der Waals surface area contributed by atoms with Gasteiger partial charge in [0, 0.05) is 13.7 Å². The molecule has 0 fully saturated rings. The van der Waals surface area contributed by atoms with Crippen molar-refractivity contribution >= 4 is 5.78 Å². The number of aryl methyl sites for hydroxylation is 1. The zero-order valence-electron chi connectivity index (χ0n) is 9.68. The average molecular weight is 227 g/mol. The van der Waals surface area contributed by atoms with Crippen LogP contribution in [0.15, 0.2) is 6.33 Å². The van der Waals surface area contributed by atoms with Gasteiger partial charge in [0.25, 0.3) is 0 Å². The van der Waals surface area contributed by atoms with E-state index < -0.39 is 0 Å². The van der Waals surface area contributed by atoms with Crippen molar-refractivity contribution in [3.05, 3.63) is 12.2 Å². The largest absolute Gasteiger partial charge is 0.382 e. The van der Waals surface area contributed by atoms with E-state index in [1.165, 1.54) is 6.33 Å². The van der Waals surface area contributed by atoms with Gasteiger partial charge in [-0.25, -0.2) is 9.67 Å². The van der Waals surface area contributed by atoms with E-state index in [0.29, 0.717) is 25.6 Å². The van der Waals surface area contributed by atoms with Gasteiger partial charge in [0.2, 0.25) is 0 Å². The van der Waals surface area contributed by atoms with E-state index in [-0.39, 0.29) is 18.8 Å². The van der Waals surface area contributed by atoms with Crippen LogP contribution < -0.4 is 0 Å². The predicted molar refractivity (Wildman–Crippen MR) is 57.1 cm³/mol. The van der Waals surface area contributed by atoms with Crippen LogP contribution >= 0.6 is 0 Å². The number of ether oxygens (including phenoxy) is 2. The third-order valence-corrected chi connectivity index (χ3v) is 2.05. The monoisotopic (exact) mass is 227 g/mol. The van der Waals surface area contributed by atoms with Crippen LogP contribution in [0, 0.1) is 0 Å². The molecule has 0 aliphatic heterocycles. The van der Waals surface area contributed by atoms with Crippen LogP contribution in [0.4, 0.5) is 0 Å². The average Bonchev–Trinajstić information content (AvgIpc) is 2.71. The van der Waals surface area contributed by atoms with Gasteiger partial charge in [-0.15, -0.1) is 0 Å². The summed E-state index contributed by atoms with van der Waals surface area (Å²) in [5.74, 6) is 0.682. The Kier molecular flexibility index (Phi) is 5.66. The standard InChI is InChI=1S/C10H17N3O3/c1-3-13-10(11-8-12-13)6-9(14)7-16-5-4-15-2/h8H,3-7H2,1-2H3. The van der Waals surface area contributed by atoms with Crippen molar-refractivity contribution in [2.75, 3.05) is 26.9 Å². The van der Waals surface area contributed by atoms with E-state index in [1.54, 1.807) is 11.8 Å². The van der Waals surface area contributed by atoms with Crippen molar-refractivity contribution in [1.29, 1.82) is 0 Å². The van der Waals surface area contributed by atoms with Gasteiger partial charge >= 0.3 is 0 Å². The highest BCUT2D eigenvalue weighted by atomic mass is 16.5. The van der Waals surface area contributed by atoms with E-state index in [1.807, 2.05) is 6.92 Å². The predicted octanol–water partition coefficient (Wildman–Crippen LogP) is 0.0726. The van der Waals surface area contributed by atoms with E-state index in [4.69, 9.17) is 9.47 Å². The Morgan fingerprint density at radius 2 is 2.31 bits per heavy atom. The molecule has 0 aliphatic rings. The molecule has 6 nitrogen and oxygen atoms in total. The number of Topliss-reactive ketones (excluding diaryl/α,β-unsaturated/α-hetero) is 1. The second-order valence-electron chi connectivity index (χ2n) is 3.25. The highest BCUT2D eigenvalue weighted by Gasteiger charge is 2.09. The summed E-state index contributed by atoms with van der Waals surface area (Å²) in [6.07, 6.45) is 1.72. The number of hydrogen-bond donors (Lipinski definition) is 0. The number of aromatic nitrogens is 3. The Bertz CT molecular complexity index is 325. The zero-order chi connectivity index (χ0) is 11.8. The van der Waals surface area contributed by atoms with Crippen LogP contribution in [0.25, 0.3) is 0 Å². The molecule has 0 amide bonds. The highest BCUT2D eigenvalue weighted by molar-refractivity contribution is 5.81. The molecule has 0 unspecified atom stereocenters. The number of ketones is 1. The van der Waals surface area contributed by atoms with E-state index in [2.05, 4.69) is 10.1 Å². The summed E-state index contributed by atoms with van der Waals surface area (Å²) in [6.45, 7) is 3.70. The summed E-state index contributed by atoms with van der Waals surface area (Å²) >= 11 is 0. The minimum atomic E-state index is -0.00111. The maximum atomic E-state index is 11.5. The normalized spacial score (nSPS) is 10.6. The van der Waals surface area contributed by atoms with Gasteiger partial charge in [0.1, 0.15) is 18.8 Å². The van der Waals surface area contributed by atoms with Crippen molar-refractivity contribution in [1.82, 2.24) is 14.8 Å². The first-order valence-corrected chi connectivity index (χ1v) is 5.23. The van der Waals surface area contributed by atoms with E-state index in [9.17, 15) is 4.79 Å². The molecule has 16 heavy (non-hydrogen) atoms. The molecule has 90 valence electrons. The third kappa shape index (κ3) is 4.08. The molecule has 1 rings (SSSR count). The Labute approximate surface area is 94.6 Å². The first-order valence-electron chi connectivity index (χ1n) is 5.23. The molecule has 0 aromatic carbocycles. The minimum Gasteiger partial charge on any atom is -0.382 e. The molecular weight excluding hydrogens is 210 g/mol. The fourth-order valence-corrected chi connectivity index (χ4v) is 1.24. The van der Waals surface area contributed by atoms with Gasteiger partial charge in [-0.2, -0.15) is 5.10 Å². The Morgan fingerprint density at radius 1 is 1.50 bits per heavy atom. The first-order chi connectivity index (χ1) is 7.77. The SMILES string of the molecule is CCn1ncnc1CC(=O)COCCOC. The Hall–Kier alpha value is -1.27. The lowest BCUT2D eigenvalue weighted by atomic mass is 10.3. The van der Waals surface area contributed by atoms with Crippen LogP contribution in [-0.2, 0) is 27.2 Å². The van der Waals surface area contributed by atoms with E-state index in [0.717, 1.165) is 0 Å². The topological polar surface area (TPSA) is 66.2 Å². The minimum absolute atomic E-state index is 0.00111. The van der Waals surface area contributed by atoms with Gasteiger partial charge in [-0.3, -0.25) is 4.79 Å². The summed E-state index contributed by atoms with van der Waals surface area (Å²) in [4.78, 5) is 15.5. The molecule has 0 atom stereocenters. The number of carbonyl (C=O) groups excluding carboxylic acids is 1.